The maximum Gasteiger partial charge on any atom is 0.335 e. The normalized spacial score (nSPS) is 11.3. The molecule has 0 heterocycles. The Morgan fingerprint density at radius 2 is 1.39 bits per heavy atom. The van der Waals surface area contributed by atoms with Crippen LogP contribution in [-0.4, -0.2) is 36.0 Å². The average molecular weight is 336 g/mol. The van der Waals surface area contributed by atoms with E-state index in [1.807, 2.05) is 0 Å². The summed E-state index contributed by atoms with van der Waals surface area (Å²) < 4.78 is 23.4. The van der Waals surface area contributed by atoms with Gasteiger partial charge < -0.3 is 10.2 Å². The van der Waals surface area contributed by atoms with Gasteiger partial charge >= 0.3 is 5.97 Å². The second kappa shape index (κ2) is 7.89. The molecular formula is C17H20O5S. The van der Waals surface area contributed by atoms with Crippen molar-refractivity contribution in [2.24, 2.45) is 0 Å². The Morgan fingerprint density at radius 1 is 0.957 bits per heavy atom. The molecule has 0 saturated heterocycles. The molecule has 0 aliphatic rings. The van der Waals surface area contributed by atoms with E-state index < -0.39 is 21.4 Å². The highest BCUT2D eigenvalue weighted by Crippen LogP contribution is 2.15. The molecule has 0 aliphatic heterocycles. The van der Waals surface area contributed by atoms with Crippen LogP contribution in [-0.2, 0) is 9.84 Å². The Morgan fingerprint density at radius 3 is 1.74 bits per heavy atom. The monoisotopic (exact) mass is 336 g/mol. The second-order valence-corrected chi connectivity index (χ2v) is 7.55. The van der Waals surface area contributed by atoms with E-state index in [-0.39, 0.29) is 10.6 Å². The molecule has 0 aromatic heterocycles. The van der Waals surface area contributed by atoms with Crippen LogP contribution in [0.4, 0.5) is 0 Å². The lowest BCUT2D eigenvalue weighted by Crippen LogP contribution is -2.30. The first kappa shape index (κ1) is 18.9. The first-order valence-electron chi connectivity index (χ1n) is 6.90. The van der Waals surface area contributed by atoms with Crippen LogP contribution in [0.5, 0.6) is 0 Å². The van der Waals surface area contributed by atoms with Crippen LogP contribution >= 0.6 is 0 Å². The van der Waals surface area contributed by atoms with Gasteiger partial charge in [0, 0.05) is 0 Å². The van der Waals surface area contributed by atoms with Gasteiger partial charge in [0.15, 0.2) is 9.84 Å². The van der Waals surface area contributed by atoms with E-state index in [9.17, 15) is 18.3 Å². The summed E-state index contributed by atoms with van der Waals surface area (Å²) in [7, 11) is -3.37. The van der Waals surface area contributed by atoms with Crippen molar-refractivity contribution < 1.29 is 23.4 Å². The summed E-state index contributed by atoms with van der Waals surface area (Å²) in [6.45, 7) is 2.96. The van der Waals surface area contributed by atoms with Crippen LogP contribution in [0.3, 0.4) is 0 Å². The summed E-state index contributed by atoms with van der Waals surface area (Å²) in [6.07, 6.45) is 0. The molecular weight excluding hydrogens is 316 g/mol. The van der Waals surface area contributed by atoms with Crippen molar-refractivity contribution in [1.82, 2.24) is 0 Å². The molecule has 0 fully saturated rings. The van der Waals surface area contributed by atoms with E-state index >= 15 is 0 Å². The van der Waals surface area contributed by atoms with Crippen molar-refractivity contribution in [3.63, 3.8) is 0 Å². The van der Waals surface area contributed by atoms with Crippen molar-refractivity contribution in [2.75, 3.05) is 5.75 Å². The minimum atomic E-state index is -3.37. The number of aliphatic hydroxyl groups is 1. The Hall–Kier alpha value is -2.18. The molecule has 0 amide bonds. The molecule has 2 aromatic carbocycles. The minimum absolute atomic E-state index is 0.252. The maximum atomic E-state index is 11.7. The zero-order valence-corrected chi connectivity index (χ0v) is 13.8. The van der Waals surface area contributed by atoms with Gasteiger partial charge in [-0.15, -0.1) is 0 Å². The van der Waals surface area contributed by atoms with E-state index in [4.69, 9.17) is 5.11 Å². The van der Waals surface area contributed by atoms with Gasteiger partial charge in [0.25, 0.3) is 0 Å². The zero-order chi connectivity index (χ0) is 17.5. The second-order valence-electron chi connectivity index (χ2n) is 5.56. The Balaban J connectivity index is 0.000000253. The first-order chi connectivity index (χ1) is 10.6. The standard InChI is InChI=1S/C10H14O3S.C7H6O2/c1-10(2,11)8-14(12,13)9-6-4-3-5-7-9;8-7(9)6-4-2-1-3-5-6/h3-7,11H,8H2,1-2H3;1-5H,(H,8,9). The van der Waals surface area contributed by atoms with Gasteiger partial charge in [-0.05, 0) is 38.1 Å². The minimum Gasteiger partial charge on any atom is -0.478 e. The molecule has 2 rings (SSSR count). The third-order valence-corrected chi connectivity index (χ3v) is 4.74. The van der Waals surface area contributed by atoms with Crippen LogP contribution in [0.25, 0.3) is 0 Å². The lowest BCUT2D eigenvalue weighted by atomic mass is 10.2. The fourth-order valence-corrected chi connectivity index (χ4v) is 3.43. The molecule has 0 aliphatic carbocycles. The molecule has 0 spiro atoms. The lowest BCUT2D eigenvalue weighted by molar-refractivity contribution is 0.0696. The van der Waals surface area contributed by atoms with E-state index in [2.05, 4.69) is 0 Å². The highest BCUT2D eigenvalue weighted by molar-refractivity contribution is 7.91. The number of hydrogen-bond donors (Lipinski definition) is 2. The molecule has 0 radical (unpaired) electrons. The fraction of sp³-hybridized carbons (Fsp3) is 0.235. The molecule has 0 bridgehead atoms. The molecule has 23 heavy (non-hydrogen) atoms. The molecule has 5 nitrogen and oxygen atoms in total. The molecule has 0 saturated carbocycles. The van der Waals surface area contributed by atoms with E-state index in [1.54, 1.807) is 48.5 Å². The topological polar surface area (TPSA) is 91.7 Å². The van der Waals surface area contributed by atoms with Crippen molar-refractivity contribution in [3.05, 3.63) is 66.2 Å². The van der Waals surface area contributed by atoms with Gasteiger partial charge in [-0.25, -0.2) is 13.2 Å². The fourth-order valence-electron chi connectivity index (χ4n) is 1.76. The van der Waals surface area contributed by atoms with Gasteiger partial charge in [0.2, 0.25) is 0 Å². The highest BCUT2D eigenvalue weighted by Gasteiger charge is 2.24. The Kier molecular flexibility index (Phi) is 6.48. The van der Waals surface area contributed by atoms with Crippen LogP contribution in [0.2, 0.25) is 0 Å². The number of sulfone groups is 1. The SMILES string of the molecule is CC(C)(O)CS(=O)(=O)c1ccccc1.O=C(O)c1ccccc1. The van der Waals surface area contributed by atoms with E-state index in [0.717, 1.165) is 0 Å². The highest BCUT2D eigenvalue weighted by atomic mass is 32.2. The van der Waals surface area contributed by atoms with Crippen LogP contribution in [0, 0.1) is 0 Å². The number of carboxylic acids is 1. The first-order valence-corrected chi connectivity index (χ1v) is 8.55. The summed E-state index contributed by atoms with van der Waals surface area (Å²) in [5.41, 5.74) is -0.869. The van der Waals surface area contributed by atoms with Crippen LogP contribution in [0.15, 0.2) is 65.6 Å². The van der Waals surface area contributed by atoms with Gasteiger partial charge in [0.1, 0.15) is 0 Å². The van der Waals surface area contributed by atoms with Crippen LogP contribution < -0.4 is 0 Å². The molecule has 124 valence electrons. The summed E-state index contributed by atoms with van der Waals surface area (Å²) in [6, 6.07) is 16.4. The van der Waals surface area contributed by atoms with Gasteiger partial charge in [-0.3, -0.25) is 0 Å². The maximum absolute atomic E-state index is 11.7. The number of hydrogen-bond acceptors (Lipinski definition) is 4. The third-order valence-electron chi connectivity index (χ3n) is 2.67. The lowest BCUT2D eigenvalue weighted by Gasteiger charge is -2.16. The number of carboxylic acid groups (broad SMARTS) is 1. The predicted molar refractivity (Wildman–Crippen MR) is 88.2 cm³/mol. The number of carbonyl (C=O) groups is 1. The number of benzene rings is 2. The molecule has 2 N–H and O–H groups in total. The Labute approximate surface area is 136 Å². The van der Waals surface area contributed by atoms with Crippen molar-refractivity contribution >= 4 is 15.8 Å². The quantitative estimate of drug-likeness (QED) is 0.895. The molecule has 6 heteroatoms. The summed E-state index contributed by atoms with van der Waals surface area (Å²) in [5, 5.41) is 17.8. The molecule has 0 unspecified atom stereocenters. The Bertz CT molecular complexity index is 717. The summed E-state index contributed by atoms with van der Waals surface area (Å²) in [4.78, 5) is 10.5. The van der Waals surface area contributed by atoms with Crippen molar-refractivity contribution in [3.8, 4) is 0 Å². The summed E-state index contributed by atoms with van der Waals surface area (Å²) >= 11 is 0. The smallest absolute Gasteiger partial charge is 0.335 e. The predicted octanol–water partition coefficient (Wildman–Crippen LogP) is 2.62. The van der Waals surface area contributed by atoms with Crippen molar-refractivity contribution in [1.29, 1.82) is 0 Å². The van der Waals surface area contributed by atoms with Gasteiger partial charge in [-0.2, -0.15) is 0 Å². The third kappa shape index (κ3) is 7.08. The largest absolute Gasteiger partial charge is 0.478 e. The number of rotatable bonds is 4. The van der Waals surface area contributed by atoms with E-state index in [0.29, 0.717) is 5.56 Å². The summed E-state index contributed by atoms with van der Waals surface area (Å²) in [5.74, 6) is -1.14. The zero-order valence-electron chi connectivity index (χ0n) is 13.0. The molecule has 0 atom stereocenters. The van der Waals surface area contributed by atoms with Crippen LogP contribution in [0.1, 0.15) is 24.2 Å². The van der Waals surface area contributed by atoms with Crippen molar-refractivity contribution in [2.45, 2.75) is 24.3 Å². The average Bonchev–Trinajstić information content (AvgIpc) is 2.47. The van der Waals surface area contributed by atoms with Gasteiger partial charge in [0.05, 0.1) is 21.8 Å². The number of aromatic carboxylic acids is 1. The van der Waals surface area contributed by atoms with E-state index in [1.165, 1.54) is 26.0 Å². The van der Waals surface area contributed by atoms with Gasteiger partial charge in [-0.1, -0.05) is 36.4 Å². The molecule has 2 aromatic rings.